The quantitative estimate of drug-likeness (QED) is 0.109. The fourth-order valence-electron chi connectivity index (χ4n) is 2.72. The zero-order valence-corrected chi connectivity index (χ0v) is 24.0. The summed E-state index contributed by atoms with van der Waals surface area (Å²) in [5, 5.41) is 1.04. The number of hydrogen-bond acceptors (Lipinski definition) is 11. The molecule has 31 heavy (non-hydrogen) atoms. The van der Waals surface area contributed by atoms with E-state index in [0.717, 1.165) is 19.9 Å². The molecular weight excluding hydrogens is 543 g/mol. The van der Waals surface area contributed by atoms with Crippen LogP contribution in [0.4, 0.5) is 0 Å². The lowest BCUT2D eigenvalue weighted by molar-refractivity contribution is 0.0854. The summed E-state index contributed by atoms with van der Waals surface area (Å²) in [6.07, 6.45) is 0. The summed E-state index contributed by atoms with van der Waals surface area (Å²) in [6.45, 7) is 7.62. The van der Waals surface area contributed by atoms with E-state index in [1.165, 1.54) is 4.70 Å². The molecule has 0 saturated carbocycles. The van der Waals surface area contributed by atoms with Gasteiger partial charge >= 0.3 is 8.80 Å². The van der Waals surface area contributed by atoms with Crippen molar-refractivity contribution in [2.75, 3.05) is 19.8 Å². The van der Waals surface area contributed by atoms with Gasteiger partial charge < -0.3 is 13.3 Å². The van der Waals surface area contributed by atoms with Gasteiger partial charge in [0.25, 0.3) is 0 Å². The van der Waals surface area contributed by atoms with Crippen LogP contribution in [0.3, 0.4) is 0 Å². The zero-order chi connectivity index (χ0) is 21.9. The molecule has 0 unspecified atom stereocenters. The third kappa shape index (κ3) is 7.51. The fraction of sp³-hybridized carbons (Fsp3) is 0.316. The molecule has 0 aliphatic carbocycles. The first kappa shape index (κ1) is 26.1. The molecule has 12 heteroatoms. The molecule has 0 radical (unpaired) electrons. The maximum atomic E-state index is 6.10. The molecule has 4 nitrogen and oxygen atoms in total. The first-order valence-corrected chi connectivity index (χ1v) is 19.6. The van der Waals surface area contributed by atoms with Crippen molar-refractivity contribution in [3.05, 3.63) is 48.5 Å². The van der Waals surface area contributed by atoms with E-state index >= 15 is 0 Å². The third-order valence-electron chi connectivity index (χ3n) is 3.81. The van der Waals surface area contributed by atoms with Crippen LogP contribution in [0.1, 0.15) is 20.8 Å². The van der Waals surface area contributed by atoms with E-state index in [9.17, 15) is 0 Å². The molecular formula is C19H23NO3S7Si. The number of para-hydroxylation sites is 1. The van der Waals surface area contributed by atoms with Crippen molar-refractivity contribution in [1.82, 2.24) is 4.98 Å². The van der Waals surface area contributed by atoms with Crippen LogP contribution in [0.15, 0.2) is 57.8 Å². The topological polar surface area (TPSA) is 40.6 Å². The number of aromatic nitrogens is 1. The van der Waals surface area contributed by atoms with Gasteiger partial charge in [0.15, 0.2) is 4.34 Å². The largest absolute Gasteiger partial charge is 0.538 e. The Balaban J connectivity index is 1.53. The van der Waals surface area contributed by atoms with E-state index in [0.29, 0.717) is 19.8 Å². The second-order valence-corrected chi connectivity index (χ2v) is 18.8. The number of nitrogens with zero attached hydrogens (tertiary/aromatic N) is 1. The van der Waals surface area contributed by atoms with Crippen molar-refractivity contribution in [3.63, 3.8) is 0 Å². The highest BCUT2D eigenvalue weighted by Gasteiger charge is 2.45. The average Bonchev–Trinajstić information content (AvgIpc) is 3.20. The first-order valence-electron chi connectivity index (χ1n) is 9.60. The van der Waals surface area contributed by atoms with Gasteiger partial charge in [0.2, 0.25) is 0 Å². The lowest BCUT2D eigenvalue weighted by atomic mass is 10.3. The van der Waals surface area contributed by atoms with Crippen LogP contribution in [-0.4, -0.2) is 33.6 Å². The molecule has 2 aromatic carbocycles. The fourth-order valence-corrected chi connectivity index (χ4v) is 18.6. The Morgan fingerprint density at radius 3 is 2.06 bits per heavy atom. The summed E-state index contributed by atoms with van der Waals surface area (Å²) >= 11 is 1.74. The summed E-state index contributed by atoms with van der Waals surface area (Å²) in [5.74, 6) is 0. The molecule has 1 heterocycles. The lowest BCUT2D eigenvalue weighted by Gasteiger charge is -2.29. The first-order chi connectivity index (χ1) is 15.2. The third-order valence-corrected chi connectivity index (χ3v) is 19.0. The molecule has 3 rings (SSSR count). The van der Waals surface area contributed by atoms with E-state index in [-0.39, 0.29) is 0 Å². The van der Waals surface area contributed by atoms with Crippen LogP contribution < -0.4 is 5.19 Å². The highest BCUT2D eigenvalue weighted by atomic mass is 33.9. The summed E-state index contributed by atoms with van der Waals surface area (Å²) < 4.78 is 20.6. The molecule has 0 bridgehead atoms. The number of thiazole rings is 1. The average molecular weight is 566 g/mol. The molecule has 0 atom stereocenters. The van der Waals surface area contributed by atoms with Gasteiger partial charge in [-0.2, -0.15) is 0 Å². The maximum Gasteiger partial charge on any atom is 0.538 e. The van der Waals surface area contributed by atoms with Crippen LogP contribution in [-0.2, 0) is 13.3 Å². The van der Waals surface area contributed by atoms with E-state index in [2.05, 4.69) is 35.3 Å². The zero-order valence-electron chi connectivity index (χ0n) is 17.3. The molecule has 0 N–H and O–H groups in total. The Kier molecular flexibility index (Phi) is 11.8. The molecule has 168 valence electrons. The van der Waals surface area contributed by atoms with Crippen molar-refractivity contribution < 1.29 is 13.3 Å². The van der Waals surface area contributed by atoms with Gasteiger partial charge in [-0.05, 0) is 99.9 Å². The number of fused-ring (bicyclic) bond motifs is 1. The van der Waals surface area contributed by atoms with Gasteiger partial charge in [-0.25, -0.2) is 4.98 Å². The number of rotatable bonds is 14. The van der Waals surface area contributed by atoms with Crippen LogP contribution in [0, 0.1) is 0 Å². The predicted molar refractivity (Wildman–Crippen MR) is 148 cm³/mol. The Morgan fingerprint density at radius 1 is 0.774 bits per heavy atom. The maximum absolute atomic E-state index is 6.10. The summed E-state index contributed by atoms with van der Waals surface area (Å²) in [7, 11) is 7.46. The second kappa shape index (κ2) is 14.0. The van der Waals surface area contributed by atoms with Crippen LogP contribution in [0.5, 0.6) is 0 Å². The molecule has 0 aliphatic heterocycles. The molecule has 0 saturated heterocycles. The second-order valence-electron chi connectivity index (χ2n) is 5.74. The van der Waals surface area contributed by atoms with Gasteiger partial charge in [-0.1, -0.05) is 30.3 Å². The summed E-state index contributed by atoms with van der Waals surface area (Å²) in [6, 6.07) is 16.5. The van der Waals surface area contributed by atoms with Crippen molar-refractivity contribution >= 4 is 96.4 Å². The Labute approximate surface area is 211 Å². The van der Waals surface area contributed by atoms with Crippen LogP contribution in [0.25, 0.3) is 10.2 Å². The predicted octanol–water partition coefficient (Wildman–Crippen LogP) is 7.94. The molecule has 0 aliphatic rings. The summed E-state index contributed by atoms with van der Waals surface area (Å²) in [5.41, 5.74) is 1.07. The van der Waals surface area contributed by atoms with Gasteiger partial charge in [0.05, 0.1) is 10.2 Å². The SMILES string of the molecule is CCO[Si](OCC)(OCC)c1ccccc1SSSSSSc1nc2ccccc2s1. The minimum absolute atomic E-state index is 0.558. The van der Waals surface area contributed by atoms with Gasteiger partial charge in [0.1, 0.15) is 0 Å². The Bertz CT molecular complexity index is 895. The van der Waals surface area contributed by atoms with Crippen LogP contribution in [0.2, 0.25) is 0 Å². The smallest absolute Gasteiger partial charge is 0.370 e. The number of benzene rings is 2. The Hall–Kier alpha value is 0.527. The highest BCUT2D eigenvalue weighted by Crippen LogP contribution is 2.55. The molecule has 1 aromatic heterocycles. The van der Waals surface area contributed by atoms with Crippen molar-refractivity contribution in [1.29, 1.82) is 0 Å². The standard InChI is InChI=1S/C19H23NO3S7Si/c1-4-21-31(22-5-2,23-6-3)18-14-10-9-13-17(18)25-27-29-30-28-26-19-20-15-11-7-8-12-16(15)24-19/h7-14H,4-6H2,1-3H3. The summed E-state index contributed by atoms with van der Waals surface area (Å²) in [4.78, 5) is 5.79. The van der Waals surface area contributed by atoms with E-state index in [1.807, 2.05) is 39.0 Å². The van der Waals surface area contributed by atoms with Crippen LogP contribution >= 0.6 is 72.2 Å². The van der Waals surface area contributed by atoms with Gasteiger partial charge in [-0.15, -0.1) is 11.3 Å². The molecule has 0 fully saturated rings. The minimum atomic E-state index is -2.92. The normalized spacial score (nSPS) is 12.0. The van der Waals surface area contributed by atoms with Gasteiger partial charge in [-0.3, -0.25) is 0 Å². The van der Waals surface area contributed by atoms with E-state index in [4.69, 9.17) is 13.3 Å². The van der Waals surface area contributed by atoms with E-state index in [1.54, 1.807) is 72.2 Å². The van der Waals surface area contributed by atoms with Gasteiger partial charge in [0, 0.05) is 29.9 Å². The van der Waals surface area contributed by atoms with Crippen molar-refractivity contribution in [2.24, 2.45) is 0 Å². The highest BCUT2D eigenvalue weighted by molar-refractivity contribution is 9.41. The van der Waals surface area contributed by atoms with Crippen molar-refractivity contribution in [2.45, 2.75) is 30.0 Å². The Morgan fingerprint density at radius 2 is 1.39 bits per heavy atom. The molecule has 0 amide bonds. The van der Waals surface area contributed by atoms with Crippen molar-refractivity contribution in [3.8, 4) is 0 Å². The number of hydrogen-bond donors (Lipinski definition) is 0. The van der Waals surface area contributed by atoms with E-state index < -0.39 is 8.80 Å². The lowest BCUT2D eigenvalue weighted by Crippen LogP contribution is -2.57. The minimum Gasteiger partial charge on any atom is -0.370 e. The molecule has 0 spiro atoms. The monoisotopic (exact) mass is 565 g/mol. The molecule has 3 aromatic rings.